The molecule has 2 saturated heterocycles. The molecule has 2 rings (SSSR count). The van der Waals surface area contributed by atoms with E-state index in [0.717, 1.165) is 0 Å². The summed E-state index contributed by atoms with van der Waals surface area (Å²) in [4.78, 5) is 34.6. The van der Waals surface area contributed by atoms with Gasteiger partial charge in [-0.3, -0.25) is 10.6 Å². The third-order valence-electron chi connectivity index (χ3n) is 6.19. The standard InChI is InChI=1S/C17H32N4O8.Pt/c1-7-16(6)17(18-12(26)14(2,3)8(22)10(24)28-20-16)19-13(27)15(4,5)9(23)11(25)29-21-17;/h8-9,12-13,18-23,26-27H,7H2,1-6H3;/t8?,9-,12?,13?,16?,17+;/m0./s1. The molecule has 2 fully saturated rings. The molecule has 1 spiro atoms. The third kappa shape index (κ3) is 4.43. The van der Waals surface area contributed by atoms with Gasteiger partial charge in [-0.1, -0.05) is 34.6 Å². The van der Waals surface area contributed by atoms with Crippen molar-refractivity contribution in [3.8, 4) is 0 Å². The van der Waals surface area contributed by atoms with E-state index in [-0.39, 0.29) is 27.5 Å². The molecule has 0 aliphatic carbocycles. The summed E-state index contributed by atoms with van der Waals surface area (Å²) in [6.07, 6.45) is -6.19. The summed E-state index contributed by atoms with van der Waals surface area (Å²) in [5, 5.41) is 47.8. The van der Waals surface area contributed by atoms with Gasteiger partial charge in [0.15, 0.2) is 18.0 Å². The third-order valence-corrected chi connectivity index (χ3v) is 6.19. The molecular weight excluding hydrogens is 583 g/mol. The van der Waals surface area contributed by atoms with Crippen molar-refractivity contribution in [3.05, 3.63) is 0 Å². The maximum absolute atomic E-state index is 12.3. The van der Waals surface area contributed by atoms with E-state index in [4.69, 9.17) is 9.68 Å². The van der Waals surface area contributed by atoms with Crippen LogP contribution in [0.15, 0.2) is 0 Å². The quantitative estimate of drug-likeness (QED) is 0.156. The summed E-state index contributed by atoms with van der Waals surface area (Å²) < 4.78 is 0. The molecule has 2 aliphatic heterocycles. The number of hydroxylamine groups is 2. The second-order valence-corrected chi connectivity index (χ2v) is 9.02. The van der Waals surface area contributed by atoms with E-state index in [0.29, 0.717) is 0 Å². The zero-order chi connectivity index (χ0) is 22.4. The predicted molar refractivity (Wildman–Crippen MR) is 97.7 cm³/mol. The minimum absolute atomic E-state index is 0. The minimum atomic E-state index is -1.81. The van der Waals surface area contributed by atoms with Gasteiger partial charge in [0, 0.05) is 31.9 Å². The molecule has 0 aromatic heterocycles. The maximum Gasteiger partial charge on any atom is 0.354 e. The van der Waals surface area contributed by atoms with Gasteiger partial charge in [-0.2, -0.15) is 0 Å². The van der Waals surface area contributed by atoms with Crippen LogP contribution in [-0.2, 0) is 40.3 Å². The van der Waals surface area contributed by atoms with Crippen LogP contribution in [0.25, 0.3) is 0 Å². The van der Waals surface area contributed by atoms with Gasteiger partial charge in [0.25, 0.3) is 0 Å². The summed E-state index contributed by atoms with van der Waals surface area (Å²) >= 11 is 0. The first-order chi connectivity index (χ1) is 13.1. The maximum atomic E-state index is 12.3. The van der Waals surface area contributed by atoms with Crippen molar-refractivity contribution in [2.45, 2.75) is 84.0 Å². The average molecular weight is 616 g/mol. The molecule has 2 heterocycles. The Balaban J connectivity index is 0.00000450. The number of rotatable bonds is 1. The molecule has 0 amide bonds. The van der Waals surface area contributed by atoms with Crippen molar-refractivity contribution < 1.29 is 60.8 Å². The van der Waals surface area contributed by atoms with Crippen LogP contribution in [0, 0.1) is 10.8 Å². The molecule has 0 radical (unpaired) electrons. The molecule has 0 aromatic rings. The Kier molecular flexibility index (Phi) is 8.24. The van der Waals surface area contributed by atoms with Crippen molar-refractivity contribution in [3.63, 3.8) is 0 Å². The Bertz CT molecular complexity index is 666. The Morgan fingerprint density at radius 2 is 1.17 bits per heavy atom. The molecule has 6 atom stereocenters. The molecule has 178 valence electrons. The molecule has 2 aliphatic rings. The van der Waals surface area contributed by atoms with Crippen LogP contribution in [0.3, 0.4) is 0 Å². The van der Waals surface area contributed by atoms with Crippen LogP contribution < -0.4 is 21.6 Å². The molecule has 0 bridgehead atoms. The summed E-state index contributed by atoms with van der Waals surface area (Å²) in [6.45, 7) is 9.04. The number of aliphatic hydroxyl groups excluding tert-OH is 4. The largest absolute Gasteiger partial charge is 0.381 e. The molecule has 30 heavy (non-hydrogen) atoms. The summed E-state index contributed by atoms with van der Waals surface area (Å²) in [7, 11) is 0. The number of carbonyl (C=O) groups is 2. The van der Waals surface area contributed by atoms with E-state index in [1.54, 1.807) is 13.8 Å². The van der Waals surface area contributed by atoms with Crippen LogP contribution in [0.2, 0.25) is 0 Å². The van der Waals surface area contributed by atoms with Gasteiger partial charge in [0.2, 0.25) is 0 Å². The van der Waals surface area contributed by atoms with Crippen molar-refractivity contribution >= 4 is 11.9 Å². The molecule has 13 heteroatoms. The van der Waals surface area contributed by atoms with E-state index in [1.165, 1.54) is 27.7 Å². The normalized spacial score (nSPS) is 41.8. The number of carbonyl (C=O) groups excluding carboxylic acids is 2. The Hall–Kier alpha value is -0.692. The van der Waals surface area contributed by atoms with Crippen molar-refractivity contribution in [2.75, 3.05) is 0 Å². The fourth-order valence-electron chi connectivity index (χ4n) is 3.04. The van der Waals surface area contributed by atoms with Gasteiger partial charge in [-0.15, -0.1) is 11.0 Å². The Morgan fingerprint density at radius 3 is 1.53 bits per heavy atom. The van der Waals surface area contributed by atoms with Crippen molar-refractivity contribution in [1.29, 1.82) is 0 Å². The molecule has 8 N–H and O–H groups in total. The molecule has 0 saturated carbocycles. The van der Waals surface area contributed by atoms with Crippen molar-refractivity contribution in [1.82, 2.24) is 21.6 Å². The van der Waals surface area contributed by atoms with E-state index >= 15 is 0 Å². The number of hydrogen-bond acceptors (Lipinski definition) is 12. The second kappa shape index (κ2) is 9.05. The number of nitrogens with one attached hydrogen (secondary N) is 4. The van der Waals surface area contributed by atoms with Crippen LogP contribution in [0.4, 0.5) is 0 Å². The van der Waals surface area contributed by atoms with Crippen molar-refractivity contribution in [2.24, 2.45) is 10.8 Å². The first-order valence-electron chi connectivity index (χ1n) is 9.38. The smallest absolute Gasteiger partial charge is 0.354 e. The number of aliphatic hydroxyl groups is 4. The van der Waals surface area contributed by atoms with Gasteiger partial charge in [-0.05, 0) is 13.3 Å². The number of hydrogen-bond donors (Lipinski definition) is 8. The topological polar surface area (TPSA) is 182 Å². The zero-order valence-corrected chi connectivity index (χ0v) is 20.0. The van der Waals surface area contributed by atoms with E-state index in [9.17, 15) is 30.0 Å². The van der Waals surface area contributed by atoms with Crippen LogP contribution in [0.5, 0.6) is 0 Å². The van der Waals surface area contributed by atoms with E-state index in [2.05, 4.69) is 21.6 Å². The fourth-order valence-corrected chi connectivity index (χ4v) is 3.04. The molecule has 4 unspecified atom stereocenters. The van der Waals surface area contributed by atoms with Gasteiger partial charge >= 0.3 is 11.9 Å². The Labute approximate surface area is 189 Å². The monoisotopic (exact) mass is 615 g/mol. The van der Waals surface area contributed by atoms with Gasteiger partial charge in [-0.25, -0.2) is 9.59 Å². The van der Waals surface area contributed by atoms with Gasteiger partial charge < -0.3 is 30.1 Å². The average Bonchev–Trinajstić information content (AvgIpc) is 2.68. The summed E-state index contributed by atoms with van der Waals surface area (Å²) in [6, 6.07) is 0. The minimum Gasteiger partial charge on any atom is -0.381 e. The molecular formula is C17H32N4O8Pt. The predicted octanol–water partition coefficient (Wildman–Crippen LogP) is -2.48. The van der Waals surface area contributed by atoms with Crippen LogP contribution in [-0.4, -0.2) is 68.4 Å². The fraction of sp³-hybridized carbons (Fsp3) is 0.882. The molecule has 12 nitrogen and oxygen atoms in total. The van der Waals surface area contributed by atoms with E-state index < -0.39 is 58.8 Å². The Morgan fingerprint density at radius 1 is 0.800 bits per heavy atom. The zero-order valence-electron chi connectivity index (χ0n) is 17.8. The SMILES string of the molecule is CCC1(C)NOC(=O)C(O)C(C)(C)C(O)N[C@]12NOC(=O)[C@H](O)C(C)(C)C(O)N2.[Pt]. The first kappa shape index (κ1) is 27.3. The second-order valence-electron chi connectivity index (χ2n) is 9.02. The van der Waals surface area contributed by atoms with E-state index in [1.807, 2.05) is 0 Å². The van der Waals surface area contributed by atoms with Gasteiger partial charge in [0.1, 0.15) is 12.5 Å². The summed E-state index contributed by atoms with van der Waals surface area (Å²) in [5.41, 5.74) is 0.790. The first-order valence-corrected chi connectivity index (χ1v) is 9.38. The van der Waals surface area contributed by atoms with Gasteiger partial charge in [0.05, 0.1) is 5.54 Å². The van der Waals surface area contributed by atoms with Crippen LogP contribution in [0.1, 0.15) is 48.0 Å². The molecule has 0 aromatic carbocycles. The summed E-state index contributed by atoms with van der Waals surface area (Å²) in [5.74, 6) is -3.89. The van der Waals surface area contributed by atoms with Crippen LogP contribution >= 0.6 is 0 Å².